The Bertz CT molecular complexity index is 527. The summed E-state index contributed by atoms with van der Waals surface area (Å²) in [6.45, 7) is 0. The van der Waals surface area contributed by atoms with Crippen LogP contribution in [0.25, 0.3) is 11.6 Å². The Morgan fingerprint density at radius 2 is 2.19 bits per heavy atom. The Kier molecular flexibility index (Phi) is 1.92. The van der Waals surface area contributed by atoms with E-state index in [2.05, 4.69) is 15.0 Å². The molecule has 16 heavy (non-hydrogen) atoms. The zero-order valence-corrected chi connectivity index (χ0v) is 9.09. The van der Waals surface area contributed by atoms with Crippen LogP contribution in [-0.4, -0.2) is 19.5 Å². The summed E-state index contributed by atoms with van der Waals surface area (Å²) in [4.78, 5) is 13.0. The van der Waals surface area contributed by atoms with Crippen LogP contribution in [0.15, 0.2) is 18.5 Å². The molecule has 2 N–H and O–H groups in total. The summed E-state index contributed by atoms with van der Waals surface area (Å²) in [5.74, 6) is 2.47. The van der Waals surface area contributed by atoms with Gasteiger partial charge in [0.2, 0.25) is 0 Å². The van der Waals surface area contributed by atoms with Crippen molar-refractivity contribution in [3.63, 3.8) is 0 Å². The van der Waals surface area contributed by atoms with Gasteiger partial charge >= 0.3 is 0 Å². The number of hydrogen-bond acceptors (Lipinski definition) is 4. The third-order valence-electron chi connectivity index (χ3n) is 2.78. The lowest BCUT2D eigenvalue weighted by molar-refractivity contribution is 0.895. The summed E-state index contributed by atoms with van der Waals surface area (Å²) >= 11 is 0. The fourth-order valence-electron chi connectivity index (χ4n) is 1.75. The minimum Gasteiger partial charge on any atom is -0.384 e. The second-order valence-electron chi connectivity index (χ2n) is 4.18. The highest BCUT2D eigenvalue weighted by Gasteiger charge is 2.26. The first-order valence-corrected chi connectivity index (χ1v) is 5.36. The second kappa shape index (κ2) is 3.30. The number of rotatable bonds is 2. The van der Waals surface area contributed by atoms with Crippen molar-refractivity contribution in [1.29, 1.82) is 0 Å². The maximum absolute atomic E-state index is 5.79. The van der Waals surface area contributed by atoms with Crippen molar-refractivity contribution in [3.05, 3.63) is 24.2 Å². The lowest BCUT2D eigenvalue weighted by Crippen LogP contribution is -2.02. The van der Waals surface area contributed by atoms with Gasteiger partial charge in [-0.3, -0.25) is 0 Å². The molecular weight excluding hydrogens is 202 g/mol. The van der Waals surface area contributed by atoms with Crippen LogP contribution in [0, 0.1) is 0 Å². The molecule has 2 aromatic rings. The van der Waals surface area contributed by atoms with Crippen LogP contribution in [-0.2, 0) is 7.05 Å². The molecule has 0 aromatic carbocycles. The summed E-state index contributed by atoms with van der Waals surface area (Å²) in [5, 5.41) is 0. The van der Waals surface area contributed by atoms with E-state index in [1.165, 1.54) is 12.8 Å². The fourth-order valence-corrected chi connectivity index (χ4v) is 1.75. The van der Waals surface area contributed by atoms with E-state index in [1.54, 1.807) is 6.20 Å². The van der Waals surface area contributed by atoms with Crippen molar-refractivity contribution < 1.29 is 0 Å². The van der Waals surface area contributed by atoms with Crippen molar-refractivity contribution in [2.45, 2.75) is 18.8 Å². The van der Waals surface area contributed by atoms with E-state index in [0.29, 0.717) is 17.6 Å². The van der Waals surface area contributed by atoms with Gasteiger partial charge < -0.3 is 10.3 Å². The maximum Gasteiger partial charge on any atom is 0.198 e. The molecule has 0 amide bonds. The summed E-state index contributed by atoms with van der Waals surface area (Å²) in [5.41, 5.74) is 6.84. The molecule has 1 aliphatic carbocycles. The minimum atomic E-state index is 0.523. The summed E-state index contributed by atoms with van der Waals surface area (Å²) in [6.07, 6.45) is 6.02. The third-order valence-corrected chi connectivity index (χ3v) is 2.78. The first kappa shape index (κ1) is 9.33. The average Bonchev–Trinajstić information content (AvgIpc) is 3.01. The lowest BCUT2D eigenvalue weighted by Gasteiger charge is -2.04. The van der Waals surface area contributed by atoms with Gasteiger partial charge in [-0.15, -0.1) is 0 Å². The van der Waals surface area contributed by atoms with E-state index in [9.17, 15) is 0 Å². The van der Waals surface area contributed by atoms with Crippen LogP contribution in [0.3, 0.4) is 0 Å². The molecule has 1 aliphatic rings. The molecule has 0 bridgehead atoms. The zero-order chi connectivity index (χ0) is 11.1. The number of anilines is 1. The lowest BCUT2D eigenvalue weighted by atomic mass is 10.2. The maximum atomic E-state index is 5.79. The first-order chi connectivity index (χ1) is 7.74. The van der Waals surface area contributed by atoms with Crippen LogP contribution in [0.2, 0.25) is 0 Å². The molecule has 0 saturated heterocycles. The molecule has 0 aliphatic heterocycles. The second-order valence-corrected chi connectivity index (χ2v) is 4.18. The Hall–Kier alpha value is -1.91. The standard InChI is InChI=1S/C11H13N5/c1-16-5-4-13-11(16)10-14-8(7-2-3-7)6-9(12)15-10/h4-7H,2-3H2,1H3,(H2,12,14,15). The largest absolute Gasteiger partial charge is 0.384 e. The molecular formula is C11H13N5. The van der Waals surface area contributed by atoms with E-state index in [-0.39, 0.29) is 0 Å². The van der Waals surface area contributed by atoms with Crippen LogP contribution >= 0.6 is 0 Å². The number of nitrogens with two attached hydrogens (primary N) is 1. The van der Waals surface area contributed by atoms with Crippen molar-refractivity contribution in [3.8, 4) is 11.6 Å². The number of hydrogen-bond donors (Lipinski definition) is 1. The predicted molar refractivity (Wildman–Crippen MR) is 60.6 cm³/mol. The molecule has 0 spiro atoms. The van der Waals surface area contributed by atoms with E-state index in [4.69, 9.17) is 5.73 Å². The van der Waals surface area contributed by atoms with Crippen molar-refractivity contribution in [1.82, 2.24) is 19.5 Å². The highest BCUT2D eigenvalue weighted by atomic mass is 15.1. The highest BCUT2D eigenvalue weighted by Crippen LogP contribution is 2.39. The summed E-state index contributed by atoms with van der Waals surface area (Å²) in [6, 6.07) is 1.87. The van der Waals surface area contributed by atoms with E-state index < -0.39 is 0 Å². The quantitative estimate of drug-likeness (QED) is 0.820. The molecule has 0 atom stereocenters. The smallest absolute Gasteiger partial charge is 0.198 e. The Morgan fingerprint density at radius 1 is 1.38 bits per heavy atom. The van der Waals surface area contributed by atoms with Crippen LogP contribution in [0.5, 0.6) is 0 Å². The van der Waals surface area contributed by atoms with Crippen molar-refractivity contribution in [2.75, 3.05) is 5.73 Å². The first-order valence-electron chi connectivity index (χ1n) is 5.36. The fraction of sp³-hybridized carbons (Fsp3) is 0.364. The zero-order valence-electron chi connectivity index (χ0n) is 9.09. The number of nitrogen functional groups attached to an aromatic ring is 1. The number of aromatic nitrogens is 4. The van der Waals surface area contributed by atoms with Gasteiger partial charge in [-0.25, -0.2) is 15.0 Å². The van der Waals surface area contributed by atoms with Gasteiger partial charge in [0.25, 0.3) is 0 Å². The number of imidazole rings is 1. The monoisotopic (exact) mass is 215 g/mol. The molecule has 0 radical (unpaired) electrons. The SMILES string of the molecule is Cn1ccnc1-c1nc(N)cc(C2CC2)n1. The van der Waals surface area contributed by atoms with Gasteiger partial charge in [0, 0.05) is 37.1 Å². The van der Waals surface area contributed by atoms with Crippen molar-refractivity contribution in [2.24, 2.45) is 7.05 Å². The van der Waals surface area contributed by atoms with Gasteiger partial charge in [-0.1, -0.05) is 0 Å². The summed E-state index contributed by atoms with van der Waals surface area (Å²) < 4.78 is 1.89. The molecule has 1 fully saturated rings. The van der Waals surface area contributed by atoms with E-state index in [1.807, 2.05) is 23.9 Å². The predicted octanol–water partition coefficient (Wildman–Crippen LogP) is 1.34. The molecule has 5 nitrogen and oxygen atoms in total. The summed E-state index contributed by atoms with van der Waals surface area (Å²) in [7, 11) is 1.92. The van der Waals surface area contributed by atoms with E-state index >= 15 is 0 Å². The van der Waals surface area contributed by atoms with Crippen molar-refractivity contribution >= 4 is 5.82 Å². The third kappa shape index (κ3) is 1.54. The van der Waals surface area contributed by atoms with Gasteiger partial charge in [-0.05, 0) is 12.8 Å². The minimum absolute atomic E-state index is 0.523. The van der Waals surface area contributed by atoms with Gasteiger partial charge in [0.05, 0.1) is 0 Å². The number of aryl methyl sites for hydroxylation is 1. The molecule has 2 heterocycles. The number of nitrogens with zero attached hydrogens (tertiary/aromatic N) is 4. The molecule has 5 heteroatoms. The molecule has 2 aromatic heterocycles. The normalized spacial score (nSPS) is 15.3. The Morgan fingerprint density at radius 3 is 2.81 bits per heavy atom. The topological polar surface area (TPSA) is 69.6 Å². The molecule has 82 valence electrons. The Labute approximate surface area is 93.4 Å². The van der Waals surface area contributed by atoms with Gasteiger partial charge in [-0.2, -0.15) is 0 Å². The molecule has 1 saturated carbocycles. The van der Waals surface area contributed by atoms with Crippen LogP contribution in [0.4, 0.5) is 5.82 Å². The van der Waals surface area contributed by atoms with Crippen LogP contribution in [0.1, 0.15) is 24.5 Å². The molecule has 0 unspecified atom stereocenters. The highest BCUT2D eigenvalue weighted by molar-refractivity contribution is 5.49. The van der Waals surface area contributed by atoms with Gasteiger partial charge in [0.1, 0.15) is 5.82 Å². The van der Waals surface area contributed by atoms with Gasteiger partial charge in [0.15, 0.2) is 11.6 Å². The molecule has 3 rings (SSSR count). The Balaban J connectivity index is 2.10. The van der Waals surface area contributed by atoms with Crippen LogP contribution < -0.4 is 5.73 Å². The average molecular weight is 215 g/mol. The van der Waals surface area contributed by atoms with E-state index in [0.717, 1.165) is 11.5 Å².